The highest BCUT2D eigenvalue weighted by atomic mass is 16.5. The number of ether oxygens (including phenoxy) is 1. The van der Waals surface area contributed by atoms with Crippen molar-refractivity contribution in [2.24, 2.45) is 11.8 Å². The molecule has 72 valence electrons. The Kier molecular flexibility index (Phi) is 3.23. The van der Waals surface area contributed by atoms with Crippen molar-refractivity contribution in [2.45, 2.75) is 19.3 Å². The molecule has 3 heteroatoms. The Balaban J connectivity index is 2.53. The van der Waals surface area contributed by atoms with E-state index in [9.17, 15) is 9.59 Å². The van der Waals surface area contributed by atoms with Gasteiger partial charge in [0.1, 0.15) is 5.78 Å². The van der Waals surface area contributed by atoms with E-state index in [0.29, 0.717) is 19.3 Å². The maximum atomic E-state index is 11.1. The van der Waals surface area contributed by atoms with Crippen LogP contribution in [0.25, 0.3) is 0 Å². The van der Waals surface area contributed by atoms with Gasteiger partial charge < -0.3 is 4.74 Å². The van der Waals surface area contributed by atoms with E-state index in [0.717, 1.165) is 0 Å². The van der Waals surface area contributed by atoms with Crippen LogP contribution in [0, 0.1) is 11.8 Å². The van der Waals surface area contributed by atoms with Gasteiger partial charge in [0.15, 0.2) is 0 Å². The fourth-order valence-corrected chi connectivity index (χ4v) is 1.75. The van der Waals surface area contributed by atoms with E-state index in [2.05, 4.69) is 11.3 Å². The summed E-state index contributed by atoms with van der Waals surface area (Å²) >= 11 is 0. The third kappa shape index (κ3) is 2.41. The number of hydrogen-bond acceptors (Lipinski definition) is 3. The normalized spacial score (nSPS) is 27.3. The molecule has 0 aromatic rings. The summed E-state index contributed by atoms with van der Waals surface area (Å²) < 4.78 is 4.56. The number of methoxy groups -OCH3 is 1. The molecule has 0 radical (unpaired) electrons. The van der Waals surface area contributed by atoms with Crippen LogP contribution in [0.4, 0.5) is 0 Å². The lowest BCUT2D eigenvalue weighted by Gasteiger charge is -2.12. The molecule has 0 N–H and O–H groups in total. The Morgan fingerprint density at radius 1 is 1.69 bits per heavy atom. The minimum Gasteiger partial charge on any atom is -0.469 e. The summed E-state index contributed by atoms with van der Waals surface area (Å²) in [5.74, 6) is 0.245. The van der Waals surface area contributed by atoms with Crippen LogP contribution < -0.4 is 0 Å². The number of rotatable bonds is 3. The number of esters is 1. The smallest absolute Gasteiger partial charge is 0.305 e. The molecule has 3 nitrogen and oxygen atoms in total. The Morgan fingerprint density at radius 2 is 2.38 bits per heavy atom. The minimum absolute atomic E-state index is 0.109. The van der Waals surface area contributed by atoms with E-state index < -0.39 is 0 Å². The van der Waals surface area contributed by atoms with Gasteiger partial charge in [-0.2, -0.15) is 0 Å². The zero-order valence-electron chi connectivity index (χ0n) is 7.79. The summed E-state index contributed by atoms with van der Waals surface area (Å²) in [5, 5.41) is 0. The second-order valence-corrected chi connectivity index (χ2v) is 3.39. The molecule has 0 heterocycles. The highest BCUT2D eigenvalue weighted by molar-refractivity contribution is 5.82. The van der Waals surface area contributed by atoms with Gasteiger partial charge in [0.05, 0.1) is 7.11 Å². The van der Waals surface area contributed by atoms with Gasteiger partial charge >= 0.3 is 5.97 Å². The highest BCUT2D eigenvalue weighted by Gasteiger charge is 2.32. The van der Waals surface area contributed by atoms with Crippen molar-refractivity contribution in [3.63, 3.8) is 0 Å². The first-order valence-electron chi connectivity index (χ1n) is 4.38. The Morgan fingerprint density at radius 3 is 2.92 bits per heavy atom. The van der Waals surface area contributed by atoms with Crippen molar-refractivity contribution in [3.8, 4) is 0 Å². The molecule has 0 aliphatic heterocycles. The molecular formula is C10H14O3. The van der Waals surface area contributed by atoms with Crippen molar-refractivity contribution < 1.29 is 14.3 Å². The molecule has 1 fully saturated rings. The molecule has 0 aromatic carbocycles. The van der Waals surface area contributed by atoms with Crippen LogP contribution in [-0.4, -0.2) is 18.9 Å². The SMILES string of the molecule is C=CC1CC(=O)CC1CC(=O)OC. The first-order valence-corrected chi connectivity index (χ1v) is 4.38. The van der Waals surface area contributed by atoms with E-state index in [1.54, 1.807) is 6.08 Å². The second kappa shape index (κ2) is 4.21. The van der Waals surface area contributed by atoms with Crippen LogP contribution in [0.15, 0.2) is 12.7 Å². The van der Waals surface area contributed by atoms with Crippen molar-refractivity contribution in [1.82, 2.24) is 0 Å². The van der Waals surface area contributed by atoms with Crippen molar-refractivity contribution in [1.29, 1.82) is 0 Å². The third-order valence-electron chi connectivity index (χ3n) is 2.52. The summed E-state index contributed by atoms with van der Waals surface area (Å²) in [6.45, 7) is 3.66. The number of Topliss-reactive ketones (excluding diaryl/α,β-unsaturated/α-hetero) is 1. The van der Waals surface area contributed by atoms with E-state index in [1.807, 2.05) is 0 Å². The number of ketones is 1. The average Bonchev–Trinajstić information content (AvgIpc) is 2.46. The molecule has 0 bridgehead atoms. The van der Waals surface area contributed by atoms with Gasteiger partial charge in [0, 0.05) is 19.3 Å². The van der Waals surface area contributed by atoms with Gasteiger partial charge in [0.2, 0.25) is 0 Å². The fourth-order valence-electron chi connectivity index (χ4n) is 1.75. The quantitative estimate of drug-likeness (QED) is 0.488. The number of allylic oxidation sites excluding steroid dienone is 1. The van der Waals surface area contributed by atoms with Gasteiger partial charge in [-0.3, -0.25) is 9.59 Å². The van der Waals surface area contributed by atoms with Crippen LogP contribution in [0.1, 0.15) is 19.3 Å². The predicted molar refractivity (Wildman–Crippen MR) is 48.1 cm³/mol. The standard InChI is InChI=1S/C10H14O3/c1-3-7-4-9(11)5-8(7)6-10(12)13-2/h3,7-8H,1,4-6H2,2H3. The Labute approximate surface area is 77.8 Å². The van der Waals surface area contributed by atoms with Gasteiger partial charge in [-0.05, 0) is 11.8 Å². The summed E-state index contributed by atoms with van der Waals surface area (Å²) in [4.78, 5) is 22.1. The number of carbonyl (C=O) groups excluding carboxylic acids is 2. The average molecular weight is 182 g/mol. The number of carbonyl (C=O) groups is 2. The molecule has 0 aromatic heterocycles. The maximum absolute atomic E-state index is 11.1. The van der Waals surface area contributed by atoms with E-state index in [4.69, 9.17) is 0 Å². The Hall–Kier alpha value is -1.12. The number of hydrogen-bond donors (Lipinski definition) is 0. The van der Waals surface area contributed by atoms with Gasteiger partial charge in [-0.1, -0.05) is 6.08 Å². The topological polar surface area (TPSA) is 43.4 Å². The molecule has 1 aliphatic rings. The minimum atomic E-state index is -0.244. The molecule has 0 amide bonds. The lowest BCUT2D eigenvalue weighted by atomic mass is 9.93. The molecule has 2 unspecified atom stereocenters. The van der Waals surface area contributed by atoms with Gasteiger partial charge in [-0.15, -0.1) is 6.58 Å². The van der Waals surface area contributed by atoms with E-state index in [1.165, 1.54) is 7.11 Å². The summed E-state index contributed by atoms with van der Waals surface area (Å²) in [6.07, 6.45) is 3.12. The first kappa shape index (κ1) is 9.96. The molecular weight excluding hydrogens is 168 g/mol. The van der Waals surface area contributed by atoms with Crippen LogP contribution in [0.3, 0.4) is 0 Å². The summed E-state index contributed by atoms with van der Waals surface area (Å²) in [7, 11) is 1.36. The summed E-state index contributed by atoms with van der Waals surface area (Å²) in [6, 6.07) is 0. The lowest BCUT2D eigenvalue weighted by molar-refractivity contribution is -0.141. The van der Waals surface area contributed by atoms with Gasteiger partial charge in [0.25, 0.3) is 0 Å². The van der Waals surface area contributed by atoms with Crippen LogP contribution in [-0.2, 0) is 14.3 Å². The van der Waals surface area contributed by atoms with Gasteiger partial charge in [-0.25, -0.2) is 0 Å². The fraction of sp³-hybridized carbons (Fsp3) is 0.600. The van der Waals surface area contributed by atoms with E-state index >= 15 is 0 Å². The Bertz CT molecular complexity index is 232. The van der Waals surface area contributed by atoms with E-state index in [-0.39, 0.29) is 23.6 Å². The van der Waals surface area contributed by atoms with Crippen molar-refractivity contribution >= 4 is 11.8 Å². The lowest BCUT2D eigenvalue weighted by Crippen LogP contribution is -2.12. The van der Waals surface area contributed by atoms with Crippen LogP contribution in [0.5, 0.6) is 0 Å². The molecule has 1 aliphatic carbocycles. The monoisotopic (exact) mass is 182 g/mol. The van der Waals surface area contributed by atoms with Crippen molar-refractivity contribution in [2.75, 3.05) is 7.11 Å². The molecule has 13 heavy (non-hydrogen) atoms. The van der Waals surface area contributed by atoms with Crippen LogP contribution in [0.2, 0.25) is 0 Å². The maximum Gasteiger partial charge on any atom is 0.305 e. The van der Waals surface area contributed by atoms with Crippen molar-refractivity contribution in [3.05, 3.63) is 12.7 Å². The zero-order valence-corrected chi connectivity index (χ0v) is 7.79. The molecule has 2 atom stereocenters. The first-order chi connectivity index (χ1) is 6.17. The zero-order chi connectivity index (χ0) is 9.84. The van der Waals surface area contributed by atoms with Crippen LogP contribution >= 0.6 is 0 Å². The predicted octanol–water partition coefficient (Wildman–Crippen LogP) is 1.33. The highest BCUT2D eigenvalue weighted by Crippen LogP contribution is 2.32. The molecule has 0 spiro atoms. The summed E-state index contributed by atoms with van der Waals surface area (Å²) in [5.41, 5.74) is 0. The molecule has 1 saturated carbocycles. The molecule has 0 saturated heterocycles. The second-order valence-electron chi connectivity index (χ2n) is 3.39. The largest absolute Gasteiger partial charge is 0.469 e. The molecule has 1 rings (SSSR count). The third-order valence-corrected chi connectivity index (χ3v) is 2.52.